The first kappa shape index (κ1) is 15.5. The summed E-state index contributed by atoms with van der Waals surface area (Å²) in [6.45, 7) is 9.28. The van der Waals surface area contributed by atoms with Crippen molar-refractivity contribution in [2.75, 3.05) is 13.1 Å². The Morgan fingerprint density at radius 3 is 2.70 bits per heavy atom. The number of carbonyl (C=O) groups excluding carboxylic acids is 1. The van der Waals surface area contributed by atoms with Gasteiger partial charge >= 0.3 is 0 Å². The highest BCUT2D eigenvalue weighted by atomic mass is 79.9. The minimum Gasteiger partial charge on any atom is -0.341 e. The van der Waals surface area contributed by atoms with Gasteiger partial charge in [-0.2, -0.15) is 5.10 Å². The van der Waals surface area contributed by atoms with E-state index < -0.39 is 0 Å². The number of halogens is 1. The standard InChI is InChI=1S/C14H23BrN4O/c1-4-19-12(13(15)10(2)17-19)9-16-11(3)14(20)18-7-5-6-8-18/h11,16H,4-9H2,1-3H3. The Morgan fingerprint density at radius 1 is 1.45 bits per heavy atom. The van der Waals surface area contributed by atoms with Crippen LogP contribution in [0.15, 0.2) is 4.47 Å². The van der Waals surface area contributed by atoms with Crippen molar-refractivity contribution in [2.24, 2.45) is 0 Å². The van der Waals surface area contributed by atoms with Crippen molar-refractivity contribution in [3.63, 3.8) is 0 Å². The highest BCUT2D eigenvalue weighted by molar-refractivity contribution is 9.10. The van der Waals surface area contributed by atoms with Gasteiger partial charge in [0.05, 0.1) is 21.9 Å². The number of aromatic nitrogens is 2. The molecule has 0 saturated carbocycles. The lowest BCUT2D eigenvalue weighted by molar-refractivity contribution is -0.132. The molecule has 1 unspecified atom stereocenters. The van der Waals surface area contributed by atoms with Gasteiger partial charge in [-0.1, -0.05) is 0 Å². The zero-order chi connectivity index (χ0) is 14.7. The van der Waals surface area contributed by atoms with E-state index in [2.05, 4.69) is 33.3 Å². The van der Waals surface area contributed by atoms with Gasteiger partial charge in [-0.15, -0.1) is 0 Å². The Balaban J connectivity index is 1.96. The largest absolute Gasteiger partial charge is 0.341 e. The Bertz CT molecular complexity index is 480. The van der Waals surface area contributed by atoms with Crippen LogP contribution >= 0.6 is 15.9 Å². The molecule has 2 heterocycles. The molecule has 0 radical (unpaired) electrons. The molecular formula is C14H23BrN4O. The summed E-state index contributed by atoms with van der Waals surface area (Å²) < 4.78 is 3.01. The lowest BCUT2D eigenvalue weighted by atomic mass is 10.2. The number of rotatable bonds is 5. The third-order valence-corrected chi connectivity index (χ3v) is 4.85. The quantitative estimate of drug-likeness (QED) is 0.891. The van der Waals surface area contributed by atoms with E-state index in [0.29, 0.717) is 6.54 Å². The van der Waals surface area contributed by atoms with Gasteiger partial charge in [0.25, 0.3) is 0 Å². The van der Waals surface area contributed by atoms with E-state index in [-0.39, 0.29) is 11.9 Å². The van der Waals surface area contributed by atoms with Gasteiger partial charge in [-0.05, 0) is 49.5 Å². The van der Waals surface area contributed by atoms with Crippen molar-refractivity contribution in [2.45, 2.75) is 52.7 Å². The summed E-state index contributed by atoms with van der Waals surface area (Å²) in [5, 5.41) is 7.79. The van der Waals surface area contributed by atoms with E-state index in [1.54, 1.807) is 0 Å². The van der Waals surface area contributed by atoms with E-state index in [9.17, 15) is 4.79 Å². The number of nitrogens with zero attached hydrogens (tertiary/aromatic N) is 3. The summed E-state index contributed by atoms with van der Waals surface area (Å²) in [4.78, 5) is 14.2. The maximum atomic E-state index is 12.2. The molecule has 1 atom stereocenters. The highest BCUT2D eigenvalue weighted by Crippen LogP contribution is 2.21. The molecule has 1 N–H and O–H groups in total. The summed E-state index contributed by atoms with van der Waals surface area (Å²) in [6, 6.07) is -0.152. The fraction of sp³-hybridized carbons (Fsp3) is 0.714. The van der Waals surface area contributed by atoms with Crippen LogP contribution in [0.3, 0.4) is 0 Å². The molecule has 1 aliphatic rings. The normalized spacial score (nSPS) is 16.7. The van der Waals surface area contributed by atoms with Crippen molar-refractivity contribution in [1.29, 1.82) is 0 Å². The van der Waals surface area contributed by atoms with Crippen LogP contribution in [0.2, 0.25) is 0 Å². The van der Waals surface area contributed by atoms with Gasteiger partial charge in [-0.25, -0.2) is 0 Å². The van der Waals surface area contributed by atoms with Gasteiger partial charge in [0.2, 0.25) is 5.91 Å². The summed E-state index contributed by atoms with van der Waals surface area (Å²) in [5.41, 5.74) is 2.09. The van der Waals surface area contributed by atoms with Gasteiger partial charge < -0.3 is 10.2 Å². The molecule has 6 heteroatoms. The summed E-state index contributed by atoms with van der Waals surface area (Å²) >= 11 is 3.58. The number of likely N-dealkylation sites (tertiary alicyclic amines) is 1. The molecule has 20 heavy (non-hydrogen) atoms. The molecule has 2 rings (SSSR count). The maximum Gasteiger partial charge on any atom is 0.239 e. The van der Waals surface area contributed by atoms with Crippen molar-refractivity contribution in [3.8, 4) is 0 Å². The first-order chi connectivity index (χ1) is 9.54. The molecule has 0 aromatic carbocycles. The van der Waals surface area contributed by atoms with Crippen molar-refractivity contribution in [1.82, 2.24) is 20.0 Å². The Labute approximate surface area is 128 Å². The fourth-order valence-electron chi connectivity index (χ4n) is 2.59. The number of amides is 1. The first-order valence-corrected chi connectivity index (χ1v) is 8.07. The summed E-state index contributed by atoms with van der Waals surface area (Å²) in [6.07, 6.45) is 2.26. The van der Waals surface area contributed by atoms with E-state index in [0.717, 1.165) is 48.3 Å². The lowest BCUT2D eigenvalue weighted by Gasteiger charge is -2.21. The van der Waals surface area contributed by atoms with Crippen molar-refractivity contribution < 1.29 is 4.79 Å². The molecule has 1 aliphatic heterocycles. The van der Waals surface area contributed by atoms with Crippen LogP contribution in [0.4, 0.5) is 0 Å². The van der Waals surface area contributed by atoms with Gasteiger partial charge in [0.15, 0.2) is 0 Å². The molecule has 5 nitrogen and oxygen atoms in total. The second kappa shape index (κ2) is 6.72. The Morgan fingerprint density at radius 2 is 2.10 bits per heavy atom. The predicted octanol–water partition coefficient (Wildman–Crippen LogP) is 2.07. The molecule has 0 aliphatic carbocycles. The monoisotopic (exact) mass is 342 g/mol. The molecule has 1 aromatic rings. The number of hydrogen-bond acceptors (Lipinski definition) is 3. The number of aryl methyl sites for hydroxylation is 2. The average molecular weight is 343 g/mol. The van der Waals surface area contributed by atoms with Crippen molar-refractivity contribution >= 4 is 21.8 Å². The number of nitrogens with one attached hydrogen (secondary N) is 1. The molecule has 1 saturated heterocycles. The van der Waals surface area contributed by atoms with Crippen molar-refractivity contribution in [3.05, 3.63) is 15.9 Å². The van der Waals surface area contributed by atoms with Crippen LogP contribution in [-0.4, -0.2) is 39.7 Å². The highest BCUT2D eigenvalue weighted by Gasteiger charge is 2.23. The Hall–Kier alpha value is -0.880. The van der Waals surface area contributed by atoms with Crippen LogP contribution in [-0.2, 0) is 17.9 Å². The van der Waals surface area contributed by atoms with Gasteiger partial charge in [0.1, 0.15) is 0 Å². The average Bonchev–Trinajstić information content (AvgIpc) is 3.06. The minimum atomic E-state index is -0.152. The molecule has 0 bridgehead atoms. The summed E-state index contributed by atoms with van der Waals surface area (Å²) in [5.74, 6) is 0.206. The predicted molar refractivity (Wildman–Crippen MR) is 82.5 cm³/mol. The smallest absolute Gasteiger partial charge is 0.239 e. The second-order valence-electron chi connectivity index (χ2n) is 5.30. The zero-order valence-electron chi connectivity index (χ0n) is 12.4. The van der Waals surface area contributed by atoms with Crippen LogP contribution in [0.5, 0.6) is 0 Å². The SMILES string of the molecule is CCn1nc(C)c(Br)c1CNC(C)C(=O)N1CCCC1. The number of carbonyl (C=O) groups is 1. The van der Waals surface area contributed by atoms with Crippen LogP contribution in [0.1, 0.15) is 38.1 Å². The molecule has 0 spiro atoms. The van der Waals surface area contributed by atoms with E-state index in [1.165, 1.54) is 0 Å². The Kier molecular flexibility index (Phi) is 5.21. The summed E-state index contributed by atoms with van der Waals surface area (Å²) in [7, 11) is 0. The van der Waals surface area contributed by atoms with Gasteiger partial charge in [-0.3, -0.25) is 9.48 Å². The molecule has 1 aromatic heterocycles. The molecular weight excluding hydrogens is 320 g/mol. The maximum absolute atomic E-state index is 12.2. The molecule has 1 amide bonds. The van der Waals surface area contributed by atoms with Gasteiger partial charge in [0, 0.05) is 26.2 Å². The molecule has 1 fully saturated rings. The lowest BCUT2D eigenvalue weighted by Crippen LogP contribution is -2.43. The van der Waals surface area contributed by atoms with E-state index >= 15 is 0 Å². The van der Waals surface area contributed by atoms with Crippen LogP contribution in [0, 0.1) is 6.92 Å². The van der Waals surface area contributed by atoms with Crippen LogP contribution < -0.4 is 5.32 Å². The van der Waals surface area contributed by atoms with E-state index in [1.807, 2.05) is 23.4 Å². The fourth-order valence-corrected chi connectivity index (χ4v) is 3.01. The first-order valence-electron chi connectivity index (χ1n) is 7.28. The zero-order valence-corrected chi connectivity index (χ0v) is 14.0. The second-order valence-corrected chi connectivity index (χ2v) is 6.09. The number of hydrogen-bond donors (Lipinski definition) is 1. The third kappa shape index (κ3) is 3.23. The third-order valence-electron chi connectivity index (χ3n) is 3.82. The molecule has 112 valence electrons. The van der Waals surface area contributed by atoms with E-state index in [4.69, 9.17) is 0 Å². The van der Waals surface area contributed by atoms with Crippen LogP contribution in [0.25, 0.3) is 0 Å². The minimum absolute atomic E-state index is 0.152. The topological polar surface area (TPSA) is 50.2 Å².